The van der Waals surface area contributed by atoms with E-state index >= 15 is 0 Å². The molecule has 6 nitrogen and oxygen atoms in total. The first kappa shape index (κ1) is 21.4. The van der Waals surface area contributed by atoms with Gasteiger partial charge in [0.25, 0.3) is 0 Å². The SMILES string of the molecule is Cc1ccc(C)c(NC(=O)CC(C)S(=O)(=O)c2ccc3c(c2)NC(=O)CCS3)c1. The van der Waals surface area contributed by atoms with Crippen LogP contribution >= 0.6 is 11.8 Å². The van der Waals surface area contributed by atoms with E-state index in [1.54, 1.807) is 6.07 Å². The summed E-state index contributed by atoms with van der Waals surface area (Å²) < 4.78 is 26.0. The van der Waals surface area contributed by atoms with Crippen LogP contribution in [-0.4, -0.2) is 31.2 Å². The Bertz CT molecular complexity index is 1060. The lowest BCUT2D eigenvalue weighted by Gasteiger charge is -2.16. The zero-order chi connectivity index (χ0) is 21.2. The highest BCUT2D eigenvalue weighted by molar-refractivity contribution is 7.99. The summed E-state index contributed by atoms with van der Waals surface area (Å²) in [6.07, 6.45) is 0.226. The van der Waals surface area contributed by atoms with Crippen molar-refractivity contribution in [2.75, 3.05) is 16.4 Å². The molecule has 1 aliphatic rings. The molecule has 0 radical (unpaired) electrons. The first-order chi connectivity index (χ1) is 13.7. The van der Waals surface area contributed by atoms with Crippen LogP contribution in [0.2, 0.25) is 0 Å². The molecule has 1 unspecified atom stereocenters. The number of fused-ring (bicyclic) bond motifs is 1. The maximum Gasteiger partial charge on any atom is 0.225 e. The molecule has 0 aliphatic carbocycles. The summed E-state index contributed by atoms with van der Waals surface area (Å²) >= 11 is 1.51. The summed E-state index contributed by atoms with van der Waals surface area (Å²) in [5.41, 5.74) is 3.12. The van der Waals surface area contributed by atoms with Gasteiger partial charge in [-0.3, -0.25) is 9.59 Å². The van der Waals surface area contributed by atoms with Crippen molar-refractivity contribution in [2.45, 2.75) is 48.7 Å². The summed E-state index contributed by atoms with van der Waals surface area (Å²) in [4.78, 5) is 25.2. The highest BCUT2D eigenvalue weighted by atomic mass is 32.2. The molecule has 2 aromatic rings. The average molecular weight is 433 g/mol. The van der Waals surface area contributed by atoms with Gasteiger partial charge in [0.2, 0.25) is 11.8 Å². The molecule has 0 fully saturated rings. The molecule has 3 rings (SSSR count). The van der Waals surface area contributed by atoms with Crippen LogP contribution in [0, 0.1) is 13.8 Å². The number of aryl methyl sites for hydroxylation is 2. The van der Waals surface area contributed by atoms with Gasteiger partial charge in [-0.1, -0.05) is 12.1 Å². The van der Waals surface area contributed by atoms with Gasteiger partial charge in [0.15, 0.2) is 9.84 Å². The number of carbonyl (C=O) groups excluding carboxylic acids is 2. The van der Waals surface area contributed by atoms with Gasteiger partial charge in [-0.05, 0) is 56.2 Å². The zero-order valence-electron chi connectivity index (χ0n) is 16.6. The van der Waals surface area contributed by atoms with Gasteiger partial charge in [-0.15, -0.1) is 11.8 Å². The van der Waals surface area contributed by atoms with Gasteiger partial charge in [0.1, 0.15) is 0 Å². The Morgan fingerprint density at radius 1 is 1.21 bits per heavy atom. The van der Waals surface area contributed by atoms with Crippen molar-refractivity contribution in [3.05, 3.63) is 47.5 Å². The fourth-order valence-corrected chi connectivity index (χ4v) is 5.36. The summed E-state index contributed by atoms with van der Waals surface area (Å²) in [6.45, 7) is 5.34. The molecular formula is C21H24N2O4S2. The van der Waals surface area contributed by atoms with Crippen molar-refractivity contribution in [2.24, 2.45) is 0 Å². The van der Waals surface area contributed by atoms with E-state index in [9.17, 15) is 18.0 Å². The molecular weight excluding hydrogens is 408 g/mol. The van der Waals surface area contributed by atoms with Crippen molar-refractivity contribution in [3.8, 4) is 0 Å². The number of rotatable bonds is 5. The lowest BCUT2D eigenvalue weighted by molar-refractivity contribution is -0.116. The lowest BCUT2D eigenvalue weighted by Crippen LogP contribution is -2.25. The minimum Gasteiger partial charge on any atom is -0.326 e. The smallest absolute Gasteiger partial charge is 0.225 e. The molecule has 0 saturated carbocycles. The molecule has 154 valence electrons. The molecule has 2 aromatic carbocycles. The molecule has 1 heterocycles. The molecule has 2 N–H and O–H groups in total. The molecule has 1 atom stereocenters. The Balaban J connectivity index is 1.76. The second-order valence-corrected chi connectivity index (χ2v) is 10.7. The minimum atomic E-state index is -3.73. The highest BCUT2D eigenvalue weighted by Gasteiger charge is 2.27. The summed E-state index contributed by atoms with van der Waals surface area (Å²) in [5.74, 6) is 0.167. The van der Waals surface area contributed by atoms with E-state index in [0.29, 0.717) is 23.5 Å². The third-order valence-corrected chi connectivity index (χ3v) is 8.02. The van der Waals surface area contributed by atoms with Gasteiger partial charge < -0.3 is 10.6 Å². The zero-order valence-corrected chi connectivity index (χ0v) is 18.2. The second kappa shape index (κ2) is 8.59. The minimum absolute atomic E-state index is 0.103. The summed E-state index contributed by atoms with van der Waals surface area (Å²) in [5, 5.41) is 4.66. The quantitative estimate of drug-likeness (QED) is 0.747. The number of benzene rings is 2. The Labute approximate surface area is 175 Å². The maximum atomic E-state index is 13.0. The van der Waals surface area contributed by atoms with Crippen LogP contribution in [0.3, 0.4) is 0 Å². The van der Waals surface area contributed by atoms with Crippen LogP contribution in [0.4, 0.5) is 11.4 Å². The van der Waals surface area contributed by atoms with E-state index in [1.165, 1.54) is 30.8 Å². The topological polar surface area (TPSA) is 92.3 Å². The molecule has 0 spiro atoms. The predicted molar refractivity (Wildman–Crippen MR) is 116 cm³/mol. The van der Waals surface area contributed by atoms with Crippen LogP contribution in [0.15, 0.2) is 46.2 Å². The number of nitrogens with one attached hydrogen (secondary N) is 2. The van der Waals surface area contributed by atoms with E-state index in [-0.39, 0.29) is 23.1 Å². The third kappa shape index (κ3) is 5.00. The van der Waals surface area contributed by atoms with Crippen molar-refractivity contribution >= 4 is 44.8 Å². The Kier molecular flexibility index (Phi) is 6.33. The van der Waals surface area contributed by atoms with Crippen molar-refractivity contribution in [1.82, 2.24) is 0 Å². The fourth-order valence-electron chi connectivity index (χ4n) is 3.05. The van der Waals surface area contributed by atoms with E-state index in [2.05, 4.69) is 10.6 Å². The average Bonchev–Trinajstić information content (AvgIpc) is 2.84. The maximum absolute atomic E-state index is 13.0. The summed E-state index contributed by atoms with van der Waals surface area (Å²) in [7, 11) is -3.73. The van der Waals surface area contributed by atoms with Crippen molar-refractivity contribution < 1.29 is 18.0 Å². The Morgan fingerprint density at radius 2 is 1.97 bits per heavy atom. The predicted octanol–water partition coefficient (Wildman–Crippen LogP) is 3.93. The largest absolute Gasteiger partial charge is 0.326 e. The standard InChI is InChI=1S/C21H24N2O4S2/c1-13-4-5-14(2)17(10-13)22-21(25)11-15(3)29(26,27)16-6-7-19-18(12-16)23-20(24)8-9-28-19/h4-7,10,12,15H,8-9,11H2,1-3H3,(H,22,25)(H,23,24). The van der Waals surface area contributed by atoms with Crippen molar-refractivity contribution in [1.29, 1.82) is 0 Å². The van der Waals surface area contributed by atoms with E-state index in [0.717, 1.165) is 16.0 Å². The number of sulfone groups is 1. The Hall–Kier alpha value is -2.32. The highest BCUT2D eigenvalue weighted by Crippen LogP contribution is 2.33. The second-order valence-electron chi connectivity index (χ2n) is 7.23. The monoisotopic (exact) mass is 432 g/mol. The van der Waals surface area contributed by atoms with E-state index in [4.69, 9.17) is 0 Å². The number of amides is 2. The van der Waals surface area contributed by atoms with E-state index < -0.39 is 15.1 Å². The lowest BCUT2D eigenvalue weighted by atomic mass is 10.1. The molecule has 0 aromatic heterocycles. The molecule has 1 aliphatic heterocycles. The molecule has 2 amide bonds. The number of anilines is 2. The first-order valence-corrected chi connectivity index (χ1v) is 11.9. The van der Waals surface area contributed by atoms with Crippen LogP contribution < -0.4 is 10.6 Å². The first-order valence-electron chi connectivity index (χ1n) is 9.34. The normalized spacial score (nSPS) is 15.1. The fraction of sp³-hybridized carbons (Fsp3) is 0.333. The van der Waals surface area contributed by atoms with Crippen LogP contribution in [-0.2, 0) is 19.4 Å². The number of hydrogen-bond donors (Lipinski definition) is 2. The van der Waals surface area contributed by atoms with Crippen LogP contribution in [0.5, 0.6) is 0 Å². The van der Waals surface area contributed by atoms with E-state index in [1.807, 2.05) is 32.0 Å². The van der Waals surface area contributed by atoms with Crippen LogP contribution in [0.1, 0.15) is 30.9 Å². The number of hydrogen-bond acceptors (Lipinski definition) is 5. The van der Waals surface area contributed by atoms with Gasteiger partial charge >= 0.3 is 0 Å². The molecule has 29 heavy (non-hydrogen) atoms. The molecule has 0 bridgehead atoms. The molecule has 0 saturated heterocycles. The van der Waals surface area contributed by atoms with Gasteiger partial charge in [-0.2, -0.15) is 0 Å². The summed E-state index contributed by atoms with van der Waals surface area (Å²) in [6, 6.07) is 10.5. The Morgan fingerprint density at radius 3 is 2.72 bits per heavy atom. The van der Waals surface area contributed by atoms with Crippen molar-refractivity contribution in [3.63, 3.8) is 0 Å². The number of carbonyl (C=O) groups is 2. The third-order valence-electron chi connectivity index (χ3n) is 4.81. The van der Waals surface area contributed by atoms with Gasteiger partial charge in [0, 0.05) is 29.2 Å². The molecule has 8 heteroatoms. The number of thioether (sulfide) groups is 1. The van der Waals surface area contributed by atoms with Crippen LogP contribution in [0.25, 0.3) is 0 Å². The van der Waals surface area contributed by atoms with Gasteiger partial charge in [0.05, 0.1) is 15.8 Å². The van der Waals surface area contributed by atoms with Gasteiger partial charge in [-0.25, -0.2) is 8.42 Å².